The highest BCUT2D eigenvalue weighted by molar-refractivity contribution is 6.07. The van der Waals surface area contributed by atoms with Crippen molar-refractivity contribution in [3.8, 4) is 11.1 Å². The number of rotatable bonds is 1. The molecule has 20 heavy (non-hydrogen) atoms. The predicted molar refractivity (Wildman–Crippen MR) is 76.0 cm³/mol. The van der Waals surface area contributed by atoms with Crippen LogP contribution in [0.15, 0.2) is 36.4 Å². The van der Waals surface area contributed by atoms with Crippen molar-refractivity contribution in [2.24, 2.45) is 0 Å². The van der Waals surface area contributed by atoms with Crippen molar-refractivity contribution in [2.75, 3.05) is 0 Å². The predicted octanol–water partition coefficient (Wildman–Crippen LogP) is 3.94. The third-order valence-electron chi connectivity index (χ3n) is 3.85. The SMILES string of the molecule is Cc1ccc2c(c1C)-c1c(F)cccc1/C2=C/C(=O)O. The molecule has 0 bridgehead atoms. The second kappa shape index (κ2) is 4.30. The molecule has 3 heteroatoms. The lowest BCUT2D eigenvalue weighted by molar-refractivity contribution is -0.131. The van der Waals surface area contributed by atoms with Crippen LogP contribution in [0, 0.1) is 19.7 Å². The summed E-state index contributed by atoms with van der Waals surface area (Å²) in [6, 6.07) is 8.59. The second-order valence-electron chi connectivity index (χ2n) is 4.99. The highest BCUT2D eigenvalue weighted by Gasteiger charge is 2.28. The van der Waals surface area contributed by atoms with E-state index in [0.29, 0.717) is 16.7 Å². The lowest BCUT2D eigenvalue weighted by Crippen LogP contribution is -1.92. The molecule has 1 aliphatic carbocycles. The maximum Gasteiger partial charge on any atom is 0.328 e. The molecule has 100 valence electrons. The first-order valence-electron chi connectivity index (χ1n) is 6.35. The van der Waals surface area contributed by atoms with Crippen LogP contribution in [0.4, 0.5) is 4.39 Å². The number of carbonyl (C=O) groups is 1. The second-order valence-corrected chi connectivity index (χ2v) is 4.99. The maximum atomic E-state index is 14.2. The monoisotopic (exact) mass is 268 g/mol. The minimum Gasteiger partial charge on any atom is -0.478 e. The van der Waals surface area contributed by atoms with Crippen LogP contribution in [0.25, 0.3) is 16.7 Å². The summed E-state index contributed by atoms with van der Waals surface area (Å²) in [5.41, 5.74) is 5.38. The number of halogens is 1. The van der Waals surface area contributed by atoms with Gasteiger partial charge in [-0.2, -0.15) is 0 Å². The van der Waals surface area contributed by atoms with Gasteiger partial charge in [0.1, 0.15) is 5.82 Å². The van der Waals surface area contributed by atoms with Crippen LogP contribution < -0.4 is 0 Å². The van der Waals surface area contributed by atoms with Gasteiger partial charge in [0.15, 0.2) is 0 Å². The molecule has 1 aliphatic rings. The van der Waals surface area contributed by atoms with E-state index in [0.717, 1.165) is 28.3 Å². The summed E-state index contributed by atoms with van der Waals surface area (Å²) >= 11 is 0. The molecule has 0 fully saturated rings. The number of aryl methyl sites for hydroxylation is 1. The van der Waals surface area contributed by atoms with E-state index < -0.39 is 5.97 Å². The quantitative estimate of drug-likeness (QED) is 0.679. The molecule has 0 amide bonds. The number of aliphatic carboxylic acids is 1. The van der Waals surface area contributed by atoms with Gasteiger partial charge in [0, 0.05) is 11.6 Å². The topological polar surface area (TPSA) is 37.3 Å². The molecular weight excluding hydrogens is 255 g/mol. The first-order chi connectivity index (χ1) is 9.50. The highest BCUT2D eigenvalue weighted by atomic mass is 19.1. The zero-order valence-corrected chi connectivity index (χ0v) is 11.2. The number of carboxylic acid groups (broad SMARTS) is 1. The largest absolute Gasteiger partial charge is 0.478 e. The average molecular weight is 268 g/mol. The molecular formula is C17H13FO2. The van der Waals surface area contributed by atoms with Crippen molar-refractivity contribution in [3.05, 3.63) is 64.5 Å². The van der Waals surface area contributed by atoms with Gasteiger partial charge >= 0.3 is 5.97 Å². The fraction of sp³-hybridized carbons (Fsp3) is 0.118. The van der Waals surface area contributed by atoms with Gasteiger partial charge in [0.2, 0.25) is 0 Å². The Balaban J connectivity index is 2.45. The molecule has 2 aromatic rings. The molecule has 0 unspecified atom stereocenters. The van der Waals surface area contributed by atoms with E-state index >= 15 is 0 Å². The van der Waals surface area contributed by atoms with Crippen molar-refractivity contribution in [1.82, 2.24) is 0 Å². The molecule has 0 aliphatic heterocycles. The third-order valence-corrected chi connectivity index (χ3v) is 3.85. The number of hydrogen-bond acceptors (Lipinski definition) is 1. The van der Waals surface area contributed by atoms with E-state index in [1.807, 2.05) is 26.0 Å². The van der Waals surface area contributed by atoms with Crippen molar-refractivity contribution < 1.29 is 14.3 Å². The summed E-state index contributed by atoms with van der Waals surface area (Å²) in [4.78, 5) is 11.0. The minimum atomic E-state index is -1.03. The van der Waals surface area contributed by atoms with E-state index in [1.54, 1.807) is 12.1 Å². The Morgan fingerprint density at radius 3 is 2.50 bits per heavy atom. The Kier molecular flexibility index (Phi) is 2.71. The highest BCUT2D eigenvalue weighted by Crippen LogP contribution is 2.47. The van der Waals surface area contributed by atoms with Gasteiger partial charge in [0.05, 0.1) is 0 Å². The summed E-state index contributed by atoms with van der Waals surface area (Å²) < 4.78 is 14.2. The van der Waals surface area contributed by atoms with Gasteiger partial charge in [-0.15, -0.1) is 0 Å². The Bertz CT molecular complexity index is 773. The zero-order chi connectivity index (χ0) is 14.4. The van der Waals surface area contributed by atoms with Crippen molar-refractivity contribution in [1.29, 1.82) is 0 Å². The van der Waals surface area contributed by atoms with Gasteiger partial charge in [-0.25, -0.2) is 9.18 Å². The van der Waals surface area contributed by atoms with E-state index in [1.165, 1.54) is 6.07 Å². The molecule has 0 radical (unpaired) electrons. The molecule has 0 saturated heterocycles. The zero-order valence-electron chi connectivity index (χ0n) is 11.2. The normalized spacial score (nSPS) is 14.2. The van der Waals surface area contributed by atoms with Gasteiger partial charge < -0.3 is 5.11 Å². The number of fused-ring (bicyclic) bond motifs is 3. The van der Waals surface area contributed by atoms with Gasteiger partial charge in [-0.3, -0.25) is 0 Å². The first-order valence-corrected chi connectivity index (χ1v) is 6.35. The van der Waals surface area contributed by atoms with Gasteiger partial charge in [-0.1, -0.05) is 24.3 Å². The van der Waals surface area contributed by atoms with Crippen molar-refractivity contribution >= 4 is 11.5 Å². The summed E-state index contributed by atoms with van der Waals surface area (Å²) in [6.45, 7) is 3.91. The Hall–Kier alpha value is -2.42. The fourth-order valence-electron chi connectivity index (χ4n) is 2.79. The number of benzene rings is 2. The van der Waals surface area contributed by atoms with Crippen molar-refractivity contribution in [3.63, 3.8) is 0 Å². The summed E-state index contributed by atoms with van der Waals surface area (Å²) in [7, 11) is 0. The molecule has 1 N–H and O–H groups in total. The average Bonchev–Trinajstić information content (AvgIpc) is 2.70. The molecule has 0 atom stereocenters. The molecule has 3 rings (SSSR count). The van der Waals surface area contributed by atoms with Gasteiger partial charge in [0.25, 0.3) is 0 Å². The first kappa shape index (κ1) is 12.6. The lowest BCUT2D eigenvalue weighted by Gasteiger charge is -2.08. The molecule has 0 aromatic heterocycles. The number of hydrogen-bond donors (Lipinski definition) is 1. The van der Waals surface area contributed by atoms with Crippen LogP contribution in [0.2, 0.25) is 0 Å². The minimum absolute atomic E-state index is 0.314. The Morgan fingerprint density at radius 1 is 1.10 bits per heavy atom. The van der Waals surface area contributed by atoms with Crippen LogP contribution in [0.5, 0.6) is 0 Å². The van der Waals surface area contributed by atoms with Crippen LogP contribution >= 0.6 is 0 Å². The summed E-state index contributed by atoms with van der Waals surface area (Å²) in [5, 5.41) is 9.05. The third kappa shape index (κ3) is 1.67. The number of carboxylic acids is 1. The standard InChI is InChI=1S/C17H13FO2/c1-9-6-7-12-13(8-15(19)20)11-4-3-5-14(18)17(11)16(12)10(9)2/h3-8H,1-2H3,(H,19,20)/b13-8-. The Labute approximate surface area is 116 Å². The Morgan fingerprint density at radius 2 is 1.80 bits per heavy atom. The van der Waals surface area contributed by atoms with Crippen LogP contribution in [0.3, 0.4) is 0 Å². The van der Waals surface area contributed by atoms with Crippen molar-refractivity contribution in [2.45, 2.75) is 13.8 Å². The van der Waals surface area contributed by atoms with Crippen LogP contribution in [-0.4, -0.2) is 11.1 Å². The van der Waals surface area contributed by atoms with Crippen LogP contribution in [0.1, 0.15) is 22.3 Å². The molecule has 2 aromatic carbocycles. The summed E-state index contributed by atoms with van der Waals surface area (Å²) in [5.74, 6) is -1.34. The smallest absolute Gasteiger partial charge is 0.328 e. The van der Waals surface area contributed by atoms with Crippen LogP contribution in [-0.2, 0) is 4.79 Å². The van der Waals surface area contributed by atoms with E-state index in [2.05, 4.69) is 0 Å². The van der Waals surface area contributed by atoms with E-state index in [4.69, 9.17) is 5.11 Å². The van der Waals surface area contributed by atoms with Gasteiger partial charge in [-0.05, 0) is 53.3 Å². The van der Waals surface area contributed by atoms with E-state index in [-0.39, 0.29) is 5.82 Å². The van der Waals surface area contributed by atoms with E-state index in [9.17, 15) is 9.18 Å². The maximum absolute atomic E-state index is 14.2. The lowest BCUT2D eigenvalue weighted by atomic mass is 9.96. The molecule has 0 spiro atoms. The summed E-state index contributed by atoms with van der Waals surface area (Å²) in [6.07, 6.45) is 1.15. The molecule has 0 saturated carbocycles. The molecule has 0 heterocycles. The molecule has 2 nitrogen and oxygen atoms in total. The fourth-order valence-corrected chi connectivity index (χ4v) is 2.79.